The first kappa shape index (κ1) is 15.6. The first-order valence-corrected chi connectivity index (χ1v) is 8.56. The van der Waals surface area contributed by atoms with E-state index >= 15 is 0 Å². The van der Waals surface area contributed by atoms with Crippen LogP contribution in [0, 0.1) is 5.92 Å². The van der Waals surface area contributed by atoms with Crippen molar-refractivity contribution in [1.29, 1.82) is 0 Å². The Morgan fingerprint density at radius 1 is 1.25 bits per heavy atom. The molecule has 7 heteroatoms. The average Bonchev–Trinajstić information content (AvgIpc) is 2.81. The van der Waals surface area contributed by atoms with Gasteiger partial charge in [-0.1, -0.05) is 11.6 Å². The molecule has 3 saturated heterocycles. The Labute approximate surface area is 144 Å². The van der Waals surface area contributed by atoms with Crippen LogP contribution in [0.5, 0.6) is 0 Å². The zero-order valence-electron chi connectivity index (χ0n) is 13.5. The molecule has 0 saturated carbocycles. The third kappa shape index (κ3) is 2.70. The molecule has 126 valence electrons. The molecule has 5 rings (SSSR count). The third-order valence-electron chi connectivity index (χ3n) is 5.10. The molecule has 0 aromatic carbocycles. The van der Waals surface area contributed by atoms with Gasteiger partial charge in [-0.05, 0) is 25.0 Å². The highest BCUT2D eigenvalue weighted by Crippen LogP contribution is 2.28. The molecule has 0 aliphatic carbocycles. The summed E-state index contributed by atoms with van der Waals surface area (Å²) in [6.07, 6.45) is 3.59. The van der Waals surface area contributed by atoms with Gasteiger partial charge in [-0.25, -0.2) is 4.98 Å². The van der Waals surface area contributed by atoms with E-state index in [0.717, 1.165) is 31.6 Å². The van der Waals surface area contributed by atoms with Gasteiger partial charge in [-0.2, -0.15) is 0 Å². The first-order valence-electron chi connectivity index (χ1n) is 8.18. The first-order chi connectivity index (χ1) is 11.5. The van der Waals surface area contributed by atoms with Gasteiger partial charge in [0, 0.05) is 45.0 Å². The zero-order valence-corrected chi connectivity index (χ0v) is 14.2. The fourth-order valence-corrected chi connectivity index (χ4v) is 3.97. The number of piperidine rings is 1. The van der Waals surface area contributed by atoms with Crippen molar-refractivity contribution in [1.82, 2.24) is 19.2 Å². The molecular formula is C17H19ClN4O2. The van der Waals surface area contributed by atoms with Gasteiger partial charge in [0.25, 0.3) is 5.56 Å². The molecule has 3 aliphatic heterocycles. The van der Waals surface area contributed by atoms with Crippen LogP contribution in [-0.2, 0) is 11.3 Å². The summed E-state index contributed by atoms with van der Waals surface area (Å²) in [5.74, 6) is 0.309. The number of carbonyl (C=O) groups is 1. The maximum absolute atomic E-state index is 12.3. The van der Waals surface area contributed by atoms with E-state index in [1.807, 2.05) is 11.9 Å². The fraction of sp³-hybridized carbons (Fsp3) is 0.471. The number of hydrogen-bond acceptors (Lipinski definition) is 4. The van der Waals surface area contributed by atoms with Crippen molar-refractivity contribution >= 4 is 23.2 Å². The minimum atomic E-state index is -0.136. The number of likely N-dealkylation sites (N-methyl/N-ethyl adjacent to an activating group) is 1. The molecule has 0 radical (unpaired) electrons. The van der Waals surface area contributed by atoms with Gasteiger partial charge in [-0.3, -0.25) is 18.9 Å². The number of aromatic nitrogens is 2. The molecule has 2 aromatic rings. The van der Waals surface area contributed by atoms with Crippen LogP contribution in [0.2, 0.25) is 5.02 Å². The molecule has 2 aromatic heterocycles. The smallest absolute Gasteiger partial charge is 0.258 e. The topological polar surface area (TPSA) is 57.9 Å². The van der Waals surface area contributed by atoms with Crippen molar-refractivity contribution < 1.29 is 4.79 Å². The van der Waals surface area contributed by atoms with Gasteiger partial charge in [-0.15, -0.1) is 0 Å². The van der Waals surface area contributed by atoms with Crippen LogP contribution in [-0.4, -0.2) is 51.3 Å². The normalized spacial score (nSPS) is 24.6. The number of amides is 1. The molecule has 0 spiro atoms. The molecule has 3 aliphatic rings. The lowest BCUT2D eigenvalue weighted by Crippen LogP contribution is -2.45. The highest BCUT2D eigenvalue weighted by Gasteiger charge is 2.38. The molecule has 3 fully saturated rings. The highest BCUT2D eigenvalue weighted by atomic mass is 35.5. The lowest BCUT2D eigenvalue weighted by molar-refractivity contribution is -0.138. The maximum atomic E-state index is 12.3. The number of hydrogen-bond donors (Lipinski definition) is 0. The summed E-state index contributed by atoms with van der Waals surface area (Å²) >= 11 is 5.94. The van der Waals surface area contributed by atoms with Crippen molar-refractivity contribution in [3.63, 3.8) is 0 Å². The molecule has 2 atom stereocenters. The Morgan fingerprint density at radius 2 is 2.08 bits per heavy atom. The van der Waals surface area contributed by atoms with Crippen LogP contribution in [0.25, 0.3) is 5.65 Å². The van der Waals surface area contributed by atoms with Crippen LogP contribution in [0.4, 0.5) is 0 Å². The van der Waals surface area contributed by atoms with Gasteiger partial charge in [0.15, 0.2) is 0 Å². The van der Waals surface area contributed by atoms with Crippen molar-refractivity contribution in [2.45, 2.75) is 25.4 Å². The summed E-state index contributed by atoms with van der Waals surface area (Å²) in [5, 5.41) is 0.504. The molecule has 0 N–H and O–H groups in total. The van der Waals surface area contributed by atoms with E-state index < -0.39 is 0 Å². The van der Waals surface area contributed by atoms with Crippen molar-refractivity contribution in [3.8, 4) is 0 Å². The second kappa shape index (κ2) is 5.86. The van der Waals surface area contributed by atoms with E-state index in [1.54, 1.807) is 24.4 Å². The lowest BCUT2D eigenvalue weighted by Gasteiger charge is -2.32. The molecule has 5 heterocycles. The van der Waals surface area contributed by atoms with Crippen LogP contribution in [0.1, 0.15) is 18.5 Å². The van der Waals surface area contributed by atoms with Crippen LogP contribution in [0.3, 0.4) is 0 Å². The quantitative estimate of drug-likeness (QED) is 0.824. The third-order valence-corrected chi connectivity index (χ3v) is 5.33. The van der Waals surface area contributed by atoms with Crippen LogP contribution >= 0.6 is 11.6 Å². The molecule has 6 nitrogen and oxygen atoms in total. The maximum Gasteiger partial charge on any atom is 0.258 e. The van der Waals surface area contributed by atoms with E-state index in [4.69, 9.17) is 11.6 Å². The van der Waals surface area contributed by atoms with Crippen molar-refractivity contribution in [2.24, 2.45) is 5.92 Å². The second-order valence-corrected chi connectivity index (χ2v) is 7.17. The highest BCUT2D eigenvalue weighted by molar-refractivity contribution is 6.30. The van der Waals surface area contributed by atoms with Gasteiger partial charge in [0.2, 0.25) is 5.91 Å². The van der Waals surface area contributed by atoms with Gasteiger partial charge in [0.05, 0.1) is 16.6 Å². The van der Waals surface area contributed by atoms with E-state index in [9.17, 15) is 9.59 Å². The molecule has 2 bridgehead atoms. The lowest BCUT2D eigenvalue weighted by atomic mass is 9.95. The number of carbonyl (C=O) groups excluding carboxylic acids is 1. The van der Waals surface area contributed by atoms with Crippen LogP contribution < -0.4 is 5.56 Å². The minimum absolute atomic E-state index is 0.0640. The standard InChI is InChI=1S/C17H19ClN4O2/c1-20-14-4-2-11(17(20)24)7-21(10-14)9-13-6-16(23)22-8-12(18)3-5-15(22)19-13/h3,5-6,8,11,14H,2,4,7,9-10H2,1H3/t11-,14+/m1/s1. The van der Waals surface area contributed by atoms with Crippen molar-refractivity contribution in [3.05, 3.63) is 45.5 Å². The number of pyridine rings is 1. The van der Waals surface area contributed by atoms with Crippen LogP contribution in [0.15, 0.2) is 29.2 Å². The van der Waals surface area contributed by atoms with Gasteiger partial charge < -0.3 is 4.90 Å². The zero-order chi connectivity index (χ0) is 16.8. The summed E-state index contributed by atoms with van der Waals surface area (Å²) < 4.78 is 1.45. The van der Waals surface area contributed by atoms with Gasteiger partial charge >= 0.3 is 0 Å². The Morgan fingerprint density at radius 3 is 2.92 bits per heavy atom. The predicted octanol–water partition coefficient (Wildman–Crippen LogP) is 1.40. The number of rotatable bonds is 2. The summed E-state index contributed by atoms with van der Waals surface area (Å²) in [6, 6.07) is 5.29. The van der Waals surface area contributed by atoms with E-state index in [0.29, 0.717) is 17.2 Å². The Hall–Kier alpha value is -1.92. The molecule has 24 heavy (non-hydrogen) atoms. The molecule has 0 unspecified atom stereocenters. The van der Waals surface area contributed by atoms with Crippen molar-refractivity contribution in [2.75, 3.05) is 20.1 Å². The Bertz CT molecular complexity index is 865. The van der Waals surface area contributed by atoms with Gasteiger partial charge in [0.1, 0.15) is 5.65 Å². The summed E-state index contributed by atoms with van der Waals surface area (Å²) in [6.45, 7) is 2.16. The molecule has 1 amide bonds. The summed E-state index contributed by atoms with van der Waals surface area (Å²) in [7, 11) is 1.90. The summed E-state index contributed by atoms with van der Waals surface area (Å²) in [5.41, 5.74) is 1.19. The number of halogens is 1. The fourth-order valence-electron chi connectivity index (χ4n) is 3.81. The predicted molar refractivity (Wildman–Crippen MR) is 91.0 cm³/mol. The Balaban J connectivity index is 1.62. The molecular weight excluding hydrogens is 328 g/mol. The second-order valence-electron chi connectivity index (χ2n) is 6.73. The Kier molecular flexibility index (Phi) is 3.81. The largest absolute Gasteiger partial charge is 0.341 e. The SMILES string of the molecule is CN1C(=O)[C@@H]2CC[C@H]1CN(Cc1cc(=O)n3cc(Cl)ccc3n1)C2. The number of fused-ring (bicyclic) bond motifs is 5. The van der Waals surface area contributed by atoms with E-state index in [2.05, 4.69) is 9.88 Å². The average molecular weight is 347 g/mol. The number of nitrogens with zero attached hydrogens (tertiary/aromatic N) is 4. The van der Waals surface area contributed by atoms with E-state index in [1.165, 1.54) is 4.40 Å². The van der Waals surface area contributed by atoms with E-state index in [-0.39, 0.29) is 23.4 Å². The monoisotopic (exact) mass is 346 g/mol. The minimum Gasteiger partial charge on any atom is -0.341 e. The summed E-state index contributed by atoms with van der Waals surface area (Å²) in [4.78, 5) is 33.3.